The van der Waals surface area contributed by atoms with Crippen LogP contribution in [0.5, 0.6) is 0 Å². The minimum absolute atomic E-state index is 0.266. The monoisotopic (exact) mass is 375 g/mol. The molecule has 3 N–H and O–H groups in total. The maximum atomic E-state index is 12.1. The van der Waals surface area contributed by atoms with Crippen LogP contribution in [0.15, 0.2) is 36.4 Å². The average molecular weight is 377 g/mol. The van der Waals surface area contributed by atoms with E-state index in [9.17, 15) is 4.79 Å². The molecule has 1 fully saturated rings. The van der Waals surface area contributed by atoms with Crippen LogP contribution in [0.25, 0.3) is 6.08 Å². The zero-order valence-electron chi connectivity index (χ0n) is 12.9. The topological polar surface area (TPSA) is 45.7 Å². The second kappa shape index (κ2) is 8.93. The van der Waals surface area contributed by atoms with Crippen molar-refractivity contribution >= 4 is 46.8 Å². The van der Waals surface area contributed by atoms with Crippen molar-refractivity contribution in [2.45, 2.75) is 48.1 Å². The number of carbonyl (C=O) groups is 1. The van der Waals surface area contributed by atoms with E-state index in [0.29, 0.717) is 6.04 Å². The molecule has 1 aliphatic rings. The number of quaternary nitrogens is 1. The third-order valence-corrected chi connectivity index (χ3v) is 4.70. The van der Waals surface area contributed by atoms with E-state index >= 15 is 0 Å². The van der Waals surface area contributed by atoms with Gasteiger partial charge in [-0.2, -0.15) is 0 Å². The van der Waals surface area contributed by atoms with Gasteiger partial charge in [0, 0.05) is 6.08 Å². The first-order valence-electron chi connectivity index (χ1n) is 7.90. The normalized spacial score (nSPS) is 18.0. The first-order chi connectivity index (χ1) is 10.9. The number of hydrogen-bond donors (Lipinski definition) is 2. The smallest absolute Gasteiger partial charge is 0.262 e. The molecule has 126 valence electrons. The van der Waals surface area contributed by atoms with Gasteiger partial charge in [0.2, 0.25) is 12.1 Å². The Morgan fingerprint density at radius 3 is 2.43 bits per heavy atom. The Morgan fingerprint density at radius 2 is 1.83 bits per heavy atom. The van der Waals surface area contributed by atoms with Crippen molar-refractivity contribution in [1.82, 2.24) is 5.32 Å². The van der Waals surface area contributed by atoms with Crippen molar-refractivity contribution in [2.24, 2.45) is 0 Å². The maximum Gasteiger partial charge on any atom is 0.262 e. The summed E-state index contributed by atoms with van der Waals surface area (Å²) in [5, 5.41) is 4.78. The highest BCUT2D eigenvalue weighted by molar-refractivity contribution is 6.68. The molecule has 1 atom stereocenters. The third kappa shape index (κ3) is 6.72. The minimum atomic E-state index is -1.55. The summed E-state index contributed by atoms with van der Waals surface area (Å²) in [5.74, 6) is -0.266. The van der Waals surface area contributed by atoms with Crippen LogP contribution >= 0.6 is 34.8 Å². The molecule has 0 radical (unpaired) electrons. The predicted molar refractivity (Wildman–Crippen MR) is 96.5 cm³/mol. The van der Waals surface area contributed by atoms with Gasteiger partial charge in [-0.1, -0.05) is 71.6 Å². The minimum Gasteiger partial charge on any atom is -0.321 e. The van der Waals surface area contributed by atoms with Gasteiger partial charge in [0.05, 0.1) is 6.04 Å². The molecule has 6 heteroatoms. The molecular weight excluding hydrogens is 355 g/mol. The Bertz CT molecular complexity index is 522. The molecule has 1 aliphatic carbocycles. The number of amides is 1. The average Bonchev–Trinajstić information content (AvgIpc) is 2.53. The zero-order valence-corrected chi connectivity index (χ0v) is 15.1. The molecule has 2 rings (SSSR count). The molecule has 1 unspecified atom stereocenters. The second-order valence-corrected chi connectivity index (χ2v) is 8.23. The summed E-state index contributed by atoms with van der Waals surface area (Å²) in [6.45, 7) is 0. The van der Waals surface area contributed by atoms with Gasteiger partial charge in [-0.05, 0) is 37.3 Å². The second-order valence-electron chi connectivity index (χ2n) is 5.86. The molecule has 0 saturated heterocycles. The lowest BCUT2D eigenvalue weighted by atomic mass is 9.95. The predicted octanol–water partition coefficient (Wildman–Crippen LogP) is 3.41. The molecule has 0 bridgehead atoms. The lowest BCUT2D eigenvalue weighted by molar-refractivity contribution is -0.726. The highest BCUT2D eigenvalue weighted by Crippen LogP contribution is 2.28. The zero-order chi connectivity index (χ0) is 16.7. The lowest BCUT2D eigenvalue weighted by Gasteiger charge is -2.29. The van der Waals surface area contributed by atoms with Gasteiger partial charge >= 0.3 is 0 Å². The fraction of sp³-hybridized carbons (Fsp3) is 0.471. The van der Waals surface area contributed by atoms with Crippen LogP contribution in [-0.2, 0) is 4.79 Å². The third-order valence-electron chi connectivity index (χ3n) is 3.99. The van der Waals surface area contributed by atoms with E-state index in [1.54, 1.807) is 6.08 Å². The molecule has 0 aliphatic heterocycles. The van der Waals surface area contributed by atoms with Gasteiger partial charge < -0.3 is 5.32 Å². The molecule has 1 amide bonds. The van der Waals surface area contributed by atoms with Crippen LogP contribution in [0.1, 0.15) is 37.7 Å². The van der Waals surface area contributed by atoms with Crippen LogP contribution in [0.3, 0.4) is 0 Å². The van der Waals surface area contributed by atoms with Crippen LogP contribution in [0.4, 0.5) is 0 Å². The van der Waals surface area contributed by atoms with Gasteiger partial charge in [0.25, 0.3) is 3.79 Å². The van der Waals surface area contributed by atoms with Crippen molar-refractivity contribution in [2.75, 3.05) is 0 Å². The summed E-state index contributed by atoms with van der Waals surface area (Å²) < 4.78 is -1.55. The van der Waals surface area contributed by atoms with Gasteiger partial charge in [-0.15, -0.1) is 0 Å². The van der Waals surface area contributed by atoms with Crippen molar-refractivity contribution < 1.29 is 10.1 Å². The summed E-state index contributed by atoms with van der Waals surface area (Å²) in [6.07, 6.45) is 8.43. The highest BCUT2D eigenvalue weighted by atomic mass is 35.6. The highest BCUT2D eigenvalue weighted by Gasteiger charge is 2.39. The van der Waals surface area contributed by atoms with E-state index in [2.05, 4.69) is 5.32 Å². The summed E-state index contributed by atoms with van der Waals surface area (Å²) in [6, 6.07) is 9.99. The number of carbonyl (C=O) groups excluding carboxylic acids is 1. The van der Waals surface area contributed by atoms with E-state index in [-0.39, 0.29) is 5.91 Å². The Morgan fingerprint density at radius 1 is 1.17 bits per heavy atom. The number of alkyl halides is 3. The number of rotatable bonds is 5. The first-order valence-corrected chi connectivity index (χ1v) is 9.04. The molecule has 0 aromatic heterocycles. The number of halogens is 3. The Kier molecular flexibility index (Phi) is 7.22. The molecule has 1 aromatic carbocycles. The number of nitrogens with two attached hydrogens (primary N) is 1. The fourth-order valence-electron chi connectivity index (χ4n) is 2.78. The van der Waals surface area contributed by atoms with Gasteiger partial charge in [0.15, 0.2) is 0 Å². The van der Waals surface area contributed by atoms with Crippen LogP contribution in [0.2, 0.25) is 0 Å². The Labute approximate surface area is 152 Å². The molecule has 0 spiro atoms. The molecule has 3 nitrogen and oxygen atoms in total. The Balaban J connectivity index is 1.94. The first kappa shape index (κ1) is 18.6. The maximum absolute atomic E-state index is 12.1. The summed E-state index contributed by atoms with van der Waals surface area (Å²) in [5.41, 5.74) is 0.948. The van der Waals surface area contributed by atoms with Crippen molar-refractivity contribution in [3.63, 3.8) is 0 Å². The SMILES string of the molecule is O=C(C=Cc1ccccc1)NC([NH2+]C1CCCCC1)C(Cl)(Cl)Cl. The summed E-state index contributed by atoms with van der Waals surface area (Å²) >= 11 is 18.1. The van der Waals surface area contributed by atoms with Crippen molar-refractivity contribution in [3.8, 4) is 0 Å². The Hall–Kier alpha value is -0.740. The lowest BCUT2D eigenvalue weighted by Crippen LogP contribution is -3.00. The molecule has 0 heterocycles. The van der Waals surface area contributed by atoms with E-state index < -0.39 is 9.96 Å². The van der Waals surface area contributed by atoms with Crippen LogP contribution < -0.4 is 10.6 Å². The molecule has 1 aromatic rings. The quantitative estimate of drug-likeness (QED) is 0.462. The van der Waals surface area contributed by atoms with Gasteiger partial charge in [0.1, 0.15) is 0 Å². The largest absolute Gasteiger partial charge is 0.321 e. The van der Waals surface area contributed by atoms with E-state index in [1.165, 1.54) is 25.3 Å². The fourth-order valence-corrected chi connectivity index (χ4v) is 3.16. The van der Waals surface area contributed by atoms with Crippen LogP contribution in [-0.4, -0.2) is 21.9 Å². The van der Waals surface area contributed by atoms with E-state index in [0.717, 1.165) is 18.4 Å². The number of hydrogen-bond acceptors (Lipinski definition) is 1. The van der Waals surface area contributed by atoms with Crippen molar-refractivity contribution in [1.29, 1.82) is 0 Å². The van der Waals surface area contributed by atoms with E-state index in [1.807, 2.05) is 35.6 Å². The van der Waals surface area contributed by atoms with Gasteiger partial charge in [-0.3, -0.25) is 10.1 Å². The summed E-state index contributed by atoms with van der Waals surface area (Å²) in [7, 11) is 0. The number of benzene rings is 1. The molecule has 1 saturated carbocycles. The van der Waals surface area contributed by atoms with Gasteiger partial charge in [-0.25, -0.2) is 0 Å². The number of nitrogens with one attached hydrogen (secondary N) is 1. The van der Waals surface area contributed by atoms with E-state index in [4.69, 9.17) is 34.8 Å². The summed E-state index contributed by atoms with van der Waals surface area (Å²) in [4.78, 5) is 12.1. The van der Waals surface area contributed by atoms with Crippen molar-refractivity contribution in [3.05, 3.63) is 42.0 Å². The molecular formula is C17H22Cl3N2O+. The molecule has 23 heavy (non-hydrogen) atoms. The van der Waals surface area contributed by atoms with Crippen LogP contribution in [0, 0.1) is 0 Å². The standard InChI is InChI=1S/C17H21Cl3N2O/c18-17(19,20)16(21-14-9-5-2-6-10-14)22-15(23)12-11-13-7-3-1-4-8-13/h1,3-4,7-8,11-12,14,16,21H,2,5-6,9-10H2,(H,22,23)/p+1.